The molecule has 0 aliphatic rings. The van der Waals surface area contributed by atoms with Crippen molar-refractivity contribution in [2.75, 3.05) is 26.2 Å². The number of nitrogens with one attached hydrogen (secondary N) is 3. The molecule has 108 valence electrons. The maximum absolute atomic E-state index is 11.4. The molecular weight excluding hydrogens is 230 g/mol. The topological polar surface area (TPSA) is 62.4 Å². The highest BCUT2D eigenvalue weighted by Crippen LogP contribution is 2.04. The van der Waals surface area contributed by atoms with Crippen LogP contribution in [0.25, 0.3) is 0 Å². The van der Waals surface area contributed by atoms with Gasteiger partial charge >= 0.3 is 6.09 Å². The van der Waals surface area contributed by atoms with Crippen LogP contribution < -0.4 is 16.0 Å². The number of carbonyl (C=O) groups excluding carboxylic acids is 1. The molecule has 0 atom stereocenters. The van der Waals surface area contributed by atoms with Crippen molar-refractivity contribution in [3.05, 3.63) is 0 Å². The van der Waals surface area contributed by atoms with Gasteiger partial charge in [-0.2, -0.15) is 0 Å². The summed E-state index contributed by atoms with van der Waals surface area (Å²) in [5.41, 5.74) is -0.199. The van der Waals surface area contributed by atoms with E-state index in [9.17, 15) is 4.79 Å². The summed E-state index contributed by atoms with van der Waals surface area (Å²) in [7, 11) is 0. The Morgan fingerprint density at radius 1 is 1.28 bits per heavy atom. The minimum absolute atomic E-state index is 0.199. The summed E-state index contributed by atoms with van der Waals surface area (Å²) in [5.74, 6) is 0. The summed E-state index contributed by atoms with van der Waals surface area (Å²) in [5, 5.41) is 9.28. The molecule has 0 aromatic heterocycles. The number of hydrogen-bond acceptors (Lipinski definition) is 4. The van der Waals surface area contributed by atoms with Crippen LogP contribution in [0.3, 0.4) is 0 Å². The molecule has 0 spiro atoms. The zero-order valence-corrected chi connectivity index (χ0v) is 12.4. The van der Waals surface area contributed by atoms with Crippen molar-refractivity contribution < 1.29 is 9.53 Å². The first kappa shape index (κ1) is 17.2. The molecule has 0 heterocycles. The van der Waals surface area contributed by atoms with Crippen LogP contribution in [0, 0.1) is 0 Å². The lowest BCUT2D eigenvalue weighted by Gasteiger charge is -2.28. The van der Waals surface area contributed by atoms with Gasteiger partial charge in [0.2, 0.25) is 0 Å². The smallest absolute Gasteiger partial charge is 0.407 e. The molecule has 5 heteroatoms. The van der Waals surface area contributed by atoms with E-state index in [1.54, 1.807) is 0 Å². The molecule has 18 heavy (non-hydrogen) atoms. The van der Waals surface area contributed by atoms with Crippen LogP contribution >= 0.6 is 0 Å². The maximum Gasteiger partial charge on any atom is 0.407 e. The molecule has 0 bridgehead atoms. The highest BCUT2D eigenvalue weighted by Gasteiger charge is 2.20. The number of alkyl carbamates (subject to hydrolysis) is 1. The van der Waals surface area contributed by atoms with E-state index in [-0.39, 0.29) is 11.6 Å². The first-order chi connectivity index (χ1) is 8.37. The first-order valence-electron chi connectivity index (χ1n) is 6.76. The molecule has 0 saturated heterocycles. The Morgan fingerprint density at radius 3 is 2.50 bits per heavy atom. The van der Waals surface area contributed by atoms with Gasteiger partial charge in [0.25, 0.3) is 0 Å². The number of amides is 1. The van der Waals surface area contributed by atoms with Gasteiger partial charge in [-0.1, -0.05) is 20.8 Å². The summed E-state index contributed by atoms with van der Waals surface area (Å²) in [6, 6.07) is 0.367. The number of rotatable bonds is 9. The highest BCUT2D eigenvalue weighted by atomic mass is 16.5. The molecule has 0 aromatic carbocycles. The second kappa shape index (κ2) is 9.16. The highest BCUT2D eigenvalue weighted by molar-refractivity contribution is 5.67. The van der Waals surface area contributed by atoms with Crippen molar-refractivity contribution in [2.24, 2.45) is 0 Å². The first-order valence-corrected chi connectivity index (χ1v) is 6.76. The zero-order valence-electron chi connectivity index (χ0n) is 12.4. The third kappa shape index (κ3) is 10.4. The fraction of sp³-hybridized carbons (Fsp3) is 0.923. The van der Waals surface area contributed by atoms with Gasteiger partial charge in [0.15, 0.2) is 0 Å². The van der Waals surface area contributed by atoms with Crippen molar-refractivity contribution in [1.82, 2.24) is 16.0 Å². The molecule has 0 aliphatic carbocycles. The Hall–Kier alpha value is -0.810. The number of ether oxygens (including phenoxy) is 1. The van der Waals surface area contributed by atoms with E-state index >= 15 is 0 Å². The van der Waals surface area contributed by atoms with Gasteiger partial charge in [0.1, 0.15) is 6.61 Å². The van der Waals surface area contributed by atoms with E-state index in [4.69, 9.17) is 4.74 Å². The summed E-state index contributed by atoms with van der Waals surface area (Å²) in [4.78, 5) is 11.4. The third-order valence-electron chi connectivity index (χ3n) is 2.29. The minimum atomic E-state index is -0.342. The Balaban J connectivity index is 3.63. The van der Waals surface area contributed by atoms with Crippen LogP contribution in [0.15, 0.2) is 0 Å². The second-order valence-corrected chi connectivity index (χ2v) is 5.39. The number of carbonyl (C=O) groups is 1. The molecule has 3 N–H and O–H groups in total. The quantitative estimate of drug-likeness (QED) is 0.549. The van der Waals surface area contributed by atoms with E-state index in [1.165, 1.54) is 0 Å². The molecule has 0 radical (unpaired) electrons. The van der Waals surface area contributed by atoms with Crippen molar-refractivity contribution in [2.45, 2.75) is 52.6 Å². The van der Waals surface area contributed by atoms with Crippen molar-refractivity contribution >= 4 is 6.09 Å². The fourth-order valence-corrected chi connectivity index (χ4v) is 1.70. The minimum Gasteiger partial charge on any atom is -0.448 e. The van der Waals surface area contributed by atoms with E-state index in [1.807, 2.05) is 13.8 Å². The molecule has 0 unspecified atom stereocenters. The largest absolute Gasteiger partial charge is 0.448 e. The molecule has 0 fully saturated rings. The molecule has 0 rings (SSSR count). The lowest BCUT2D eigenvalue weighted by Crippen LogP contribution is -2.48. The average molecular weight is 259 g/mol. The predicted octanol–water partition coefficient (Wildman–Crippen LogP) is 1.49. The monoisotopic (exact) mass is 259 g/mol. The lowest BCUT2D eigenvalue weighted by molar-refractivity contribution is 0.111. The summed E-state index contributed by atoms with van der Waals surface area (Å²) in [6.45, 7) is 13.1. The maximum atomic E-state index is 11.4. The van der Waals surface area contributed by atoms with Crippen LogP contribution in [0.5, 0.6) is 0 Å². The lowest BCUT2D eigenvalue weighted by atomic mass is 10.1. The van der Waals surface area contributed by atoms with Gasteiger partial charge in [-0.15, -0.1) is 0 Å². The Labute approximate surface area is 111 Å². The van der Waals surface area contributed by atoms with Gasteiger partial charge in [-0.3, -0.25) is 0 Å². The van der Waals surface area contributed by atoms with Gasteiger partial charge in [-0.05, 0) is 33.4 Å². The molecule has 0 aromatic rings. The molecule has 5 nitrogen and oxygen atoms in total. The van der Waals surface area contributed by atoms with E-state index in [2.05, 4.69) is 36.7 Å². The summed E-state index contributed by atoms with van der Waals surface area (Å²) >= 11 is 0. The van der Waals surface area contributed by atoms with E-state index in [0.29, 0.717) is 19.2 Å². The molecule has 0 aliphatic heterocycles. The van der Waals surface area contributed by atoms with Gasteiger partial charge in [0, 0.05) is 18.1 Å². The molecular formula is C13H29N3O2. The van der Waals surface area contributed by atoms with Crippen LogP contribution in [-0.4, -0.2) is 43.9 Å². The van der Waals surface area contributed by atoms with Crippen molar-refractivity contribution in [3.8, 4) is 0 Å². The van der Waals surface area contributed by atoms with Crippen LogP contribution in [-0.2, 0) is 4.74 Å². The van der Waals surface area contributed by atoms with Crippen molar-refractivity contribution in [1.29, 1.82) is 0 Å². The fourth-order valence-electron chi connectivity index (χ4n) is 1.70. The van der Waals surface area contributed by atoms with E-state index in [0.717, 1.165) is 19.5 Å². The Bertz CT molecular complexity index is 230. The SMILES string of the molecule is CCNCCCNC(=O)OCC(C)(C)NC(C)C. The van der Waals surface area contributed by atoms with Crippen LogP contribution in [0.1, 0.15) is 41.0 Å². The van der Waals surface area contributed by atoms with Crippen molar-refractivity contribution in [3.63, 3.8) is 0 Å². The summed E-state index contributed by atoms with van der Waals surface area (Å²) in [6.07, 6.45) is 0.571. The Morgan fingerprint density at radius 2 is 1.94 bits per heavy atom. The number of hydrogen-bond donors (Lipinski definition) is 3. The van der Waals surface area contributed by atoms with Gasteiger partial charge in [-0.25, -0.2) is 4.79 Å². The van der Waals surface area contributed by atoms with E-state index < -0.39 is 0 Å². The predicted molar refractivity (Wildman–Crippen MR) is 74.9 cm³/mol. The summed E-state index contributed by atoms with van der Waals surface area (Å²) < 4.78 is 5.18. The van der Waals surface area contributed by atoms with Gasteiger partial charge < -0.3 is 20.7 Å². The van der Waals surface area contributed by atoms with Crippen LogP contribution in [0.2, 0.25) is 0 Å². The standard InChI is InChI=1S/C13H29N3O2/c1-6-14-8-7-9-15-12(17)18-10-13(4,5)16-11(2)3/h11,14,16H,6-10H2,1-5H3,(H,15,17). The van der Waals surface area contributed by atoms with Gasteiger partial charge in [0.05, 0.1) is 0 Å². The van der Waals surface area contributed by atoms with Crippen LogP contribution in [0.4, 0.5) is 4.79 Å². The average Bonchev–Trinajstić information content (AvgIpc) is 2.24. The molecule has 1 amide bonds. The molecule has 0 saturated carbocycles. The Kier molecular flexibility index (Phi) is 8.75. The third-order valence-corrected chi connectivity index (χ3v) is 2.29. The zero-order chi connectivity index (χ0) is 14.0. The normalized spacial score (nSPS) is 11.7. The second-order valence-electron chi connectivity index (χ2n) is 5.39.